The van der Waals surface area contributed by atoms with Crippen molar-refractivity contribution in [3.8, 4) is 0 Å². The number of hydrogen-bond donors (Lipinski definition) is 5. The molecule has 14 nitrogen and oxygen atoms in total. The summed E-state index contributed by atoms with van der Waals surface area (Å²) in [4.78, 5) is 70.0. The summed E-state index contributed by atoms with van der Waals surface area (Å²) >= 11 is 0. The maximum atomic E-state index is 14.1. The van der Waals surface area contributed by atoms with Crippen molar-refractivity contribution >= 4 is 29.6 Å². The summed E-state index contributed by atoms with van der Waals surface area (Å²) < 4.78 is 11.8. The van der Waals surface area contributed by atoms with E-state index in [-0.39, 0.29) is 42.4 Å². The monoisotopic (exact) mass is 732 g/mol. The molecular formula is C38H64N6O8. The molecule has 1 aromatic rings. The van der Waals surface area contributed by atoms with Gasteiger partial charge in [-0.25, -0.2) is 4.79 Å². The number of rotatable bonds is 21. The van der Waals surface area contributed by atoms with Crippen LogP contribution in [0.3, 0.4) is 0 Å². The highest BCUT2D eigenvalue weighted by molar-refractivity contribution is 5.90. The van der Waals surface area contributed by atoms with E-state index in [2.05, 4.69) is 16.0 Å². The van der Waals surface area contributed by atoms with Crippen molar-refractivity contribution in [1.29, 1.82) is 0 Å². The molecule has 1 saturated heterocycles. The van der Waals surface area contributed by atoms with Gasteiger partial charge in [-0.15, -0.1) is 0 Å². The first-order chi connectivity index (χ1) is 24.5. The number of ether oxygens (including phenoxy) is 2. The average Bonchev–Trinajstić information content (AvgIpc) is 3.59. The van der Waals surface area contributed by atoms with Gasteiger partial charge < -0.3 is 46.1 Å². The van der Waals surface area contributed by atoms with Gasteiger partial charge in [-0.1, -0.05) is 71.4 Å². The second kappa shape index (κ2) is 21.2. The maximum absolute atomic E-state index is 14.1. The molecule has 0 saturated carbocycles. The Morgan fingerprint density at radius 3 is 2.12 bits per heavy atom. The fourth-order valence-corrected chi connectivity index (χ4v) is 7.31. The summed E-state index contributed by atoms with van der Waals surface area (Å²) in [7, 11) is 6.34. The van der Waals surface area contributed by atoms with Crippen LogP contribution in [0.15, 0.2) is 30.3 Å². The van der Waals surface area contributed by atoms with E-state index in [4.69, 9.17) is 15.2 Å². The van der Waals surface area contributed by atoms with E-state index >= 15 is 0 Å². The van der Waals surface area contributed by atoms with Gasteiger partial charge in [0.15, 0.2) is 0 Å². The number of carboxylic acid groups (broad SMARTS) is 1. The van der Waals surface area contributed by atoms with Crippen LogP contribution < -0.4 is 21.7 Å². The zero-order chi connectivity index (χ0) is 39.3. The lowest BCUT2D eigenvalue weighted by molar-refractivity contribution is -0.148. The summed E-state index contributed by atoms with van der Waals surface area (Å²) in [6.45, 7) is 11.6. The molecular weight excluding hydrogens is 668 g/mol. The largest absolute Gasteiger partial charge is 0.480 e. The predicted octanol–water partition coefficient (Wildman–Crippen LogP) is 1.79. The molecule has 0 aromatic heterocycles. The van der Waals surface area contributed by atoms with E-state index in [9.17, 15) is 29.1 Å². The summed E-state index contributed by atoms with van der Waals surface area (Å²) in [5.74, 6) is -3.41. The number of carbonyl (C=O) groups is 5. The Hall–Kier alpha value is -3.59. The van der Waals surface area contributed by atoms with E-state index in [1.54, 1.807) is 49.9 Å². The predicted molar refractivity (Wildman–Crippen MR) is 199 cm³/mol. The molecule has 1 aromatic carbocycles. The Labute approximate surface area is 309 Å². The number of aliphatic carboxylic acids is 1. The molecule has 1 aliphatic rings. The Morgan fingerprint density at radius 2 is 1.62 bits per heavy atom. The van der Waals surface area contributed by atoms with Gasteiger partial charge in [0.05, 0.1) is 42.7 Å². The molecule has 0 aliphatic carbocycles. The van der Waals surface area contributed by atoms with Crippen molar-refractivity contribution in [3.05, 3.63) is 35.9 Å². The van der Waals surface area contributed by atoms with Crippen LogP contribution in [0.2, 0.25) is 0 Å². The minimum Gasteiger partial charge on any atom is -0.480 e. The minimum atomic E-state index is -1.15. The molecule has 1 heterocycles. The van der Waals surface area contributed by atoms with Gasteiger partial charge in [-0.05, 0) is 44.2 Å². The van der Waals surface area contributed by atoms with E-state index < -0.39 is 66.3 Å². The second-order valence-electron chi connectivity index (χ2n) is 14.5. The van der Waals surface area contributed by atoms with Crippen molar-refractivity contribution in [3.63, 3.8) is 0 Å². The first-order valence-electron chi connectivity index (χ1n) is 18.5. The van der Waals surface area contributed by atoms with Gasteiger partial charge in [0.2, 0.25) is 23.6 Å². The van der Waals surface area contributed by atoms with Crippen LogP contribution in [0.4, 0.5) is 0 Å². The molecule has 0 bridgehead atoms. The normalized spacial score (nSPS) is 19.8. The van der Waals surface area contributed by atoms with Crippen molar-refractivity contribution in [2.75, 3.05) is 34.9 Å². The van der Waals surface area contributed by atoms with Crippen LogP contribution in [0.1, 0.15) is 72.8 Å². The number of likely N-dealkylation sites (N-methyl/N-ethyl adjacent to an activating group) is 2. The molecule has 0 spiro atoms. The van der Waals surface area contributed by atoms with Crippen LogP contribution in [-0.4, -0.2) is 128 Å². The standard InChI is InChI=1S/C38H64N6O8/c1-11-23(4)33(43(8)37(48)32(25(6)39)42-36(47)31(40-7)22(2)3)29(51-9)21-30(45)44-19-15-18-28(44)34(52-10)24(5)35(46)41-27(38(49)50)20-26-16-13-12-14-17-26/h12-14,16-17,22-25,27-29,31-34,40H,11,15,18-21,39H2,1-10H3,(H,41,46)(H,42,47)(H,49,50)/t23-,24+,25-,27-,28-,29+,31?,32-,33-,34+/m0/s1. The highest BCUT2D eigenvalue weighted by atomic mass is 16.5. The van der Waals surface area contributed by atoms with Gasteiger partial charge >= 0.3 is 5.97 Å². The number of nitrogens with zero attached hydrogens (tertiary/aromatic N) is 2. The van der Waals surface area contributed by atoms with E-state index in [1.807, 2.05) is 45.9 Å². The first kappa shape index (κ1) is 44.6. The van der Waals surface area contributed by atoms with Crippen LogP contribution in [0.25, 0.3) is 0 Å². The highest BCUT2D eigenvalue weighted by Crippen LogP contribution is 2.29. The summed E-state index contributed by atoms with van der Waals surface area (Å²) in [5, 5.41) is 18.4. The average molecular weight is 733 g/mol. The van der Waals surface area contributed by atoms with E-state index in [1.165, 1.54) is 14.2 Å². The number of benzene rings is 1. The number of methoxy groups -OCH3 is 2. The Kier molecular flexibility index (Phi) is 18.2. The molecule has 1 aliphatic heterocycles. The highest BCUT2D eigenvalue weighted by Gasteiger charge is 2.43. The summed E-state index contributed by atoms with van der Waals surface area (Å²) in [6.07, 6.45) is 0.667. The number of likely N-dealkylation sites (tertiary alicyclic amines) is 1. The molecule has 2 rings (SSSR count). The summed E-state index contributed by atoms with van der Waals surface area (Å²) in [6, 6.07) is 4.76. The number of carboxylic acids is 1. The lowest BCUT2D eigenvalue weighted by atomic mass is 9.89. The lowest BCUT2D eigenvalue weighted by Gasteiger charge is -2.41. The topological polar surface area (TPSA) is 193 Å². The fourth-order valence-electron chi connectivity index (χ4n) is 7.31. The smallest absolute Gasteiger partial charge is 0.326 e. The third-order valence-corrected chi connectivity index (χ3v) is 10.5. The van der Waals surface area contributed by atoms with Crippen molar-refractivity contribution in [1.82, 2.24) is 25.8 Å². The molecule has 294 valence electrons. The van der Waals surface area contributed by atoms with Gasteiger partial charge in [0, 0.05) is 40.3 Å². The number of carbonyl (C=O) groups excluding carboxylic acids is 4. The van der Waals surface area contributed by atoms with Crippen LogP contribution in [0.5, 0.6) is 0 Å². The van der Waals surface area contributed by atoms with Crippen molar-refractivity contribution in [2.45, 2.75) is 122 Å². The van der Waals surface area contributed by atoms with Crippen molar-refractivity contribution in [2.24, 2.45) is 23.5 Å². The van der Waals surface area contributed by atoms with Crippen molar-refractivity contribution < 1.29 is 38.6 Å². The summed E-state index contributed by atoms with van der Waals surface area (Å²) in [5.41, 5.74) is 7.03. The molecule has 10 atom stereocenters. The third-order valence-electron chi connectivity index (χ3n) is 10.5. The Balaban J connectivity index is 2.26. The first-order valence-corrected chi connectivity index (χ1v) is 18.5. The fraction of sp³-hybridized carbons (Fsp3) is 0.711. The Bertz CT molecular complexity index is 1310. The maximum Gasteiger partial charge on any atom is 0.326 e. The van der Waals surface area contributed by atoms with Gasteiger partial charge in [-0.3, -0.25) is 19.2 Å². The van der Waals surface area contributed by atoms with Gasteiger partial charge in [0.25, 0.3) is 0 Å². The van der Waals surface area contributed by atoms with E-state index in [0.717, 1.165) is 5.56 Å². The lowest BCUT2D eigenvalue weighted by Crippen LogP contribution is -2.62. The quantitative estimate of drug-likeness (QED) is 0.125. The number of amides is 4. The van der Waals surface area contributed by atoms with Crippen LogP contribution in [-0.2, 0) is 39.9 Å². The molecule has 52 heavy (non-hydrogen) atoms. The van der Waals surface area contributed by atoms with Crippen LogP contribution >= 0.6 is 0 Å². The number of hydrogen-bond acceptors (Lipinski definition) is 9. The van der Waals surface area contributed by atoms with E-state index in [0.29, 0.717) is 25.8 Å². The molecule has 6 N–H and O–H groups in total. The molecule has 1 fully saturated rings. The zero-order valence-electron chi connectivity index (χ0n) is 32.8. The zero-order valence-corrected chi connectivity index (χ0v) is 32.8. The van der Waals surface area contributed by atoms with Crippen LogP contribution in [0, 0.1) is 17.8 Å². The minimum absolute atomic E-state index is 0.0194. The van der Waals surface area contributed by atoms with Gasteiger partial charge in [0.1, 0.15) is 12.1 Å². The molecule has 0 radical (unpaired) electrons. The Morgan fingerprint density at radius 1 is 0.981 bits per heavy atom. The third kappa shape index (κ3) is 11.7. The second-order valence-corrected chi connectivity index (χ2v) is 14.5. The molecule has 4 amide bonds. The van der Waals surface area contributed by atoms with Gasteiger partial charge in [-0.2, -0.15) is 0 Å². The SMILES string of the molecule is CC[C@H](C)[C@@H]([C@@H](CC(=O)N1CCC[C@H]1[C@H](OC)[C@@H](C)C(=O)N[C@@H](Cc1ccccc1)C(=O)O)OC)N(C)C(=O)[C@@H](NC(=O)C(NC)C(C)C)[C@H](C)N. The number of nitrogens with two attached hydrogens (primary N) is 1. The molecule has 14 heteroatoms. The number of nitrogens with one attached hydrogen (secondary N) is 3. The molecule has 1 unspecified atom stereocenters.